The number of hydrogen-bond donors (Lipinski definition) is 0. The number of rotatable bonds is 3. The third-order valence-electron chi connectivity index (χ3n) is 10.3. The average Bonchev–Trinajstić information content (AvgIpc) is 3.66. The van der Waals surface area contributed by atoms with Gasteiger partial charge in [-0.3, -0.25) is 0 Å². The predicted octanol–water partition coefficient (Wildman–Crippen LogP) is 14.4. The van der Waals surface area contributed by atoms with Gasteiger partial charge in [0.05, 0.1) is 11.0 Å². The van der Waals surface area contributed by atoms with Gasteiger partial charge in [0, 0.05) is 10.8 Å². The van der Waals surface area contributed by atoms with Crippen molar-refractivity contribution in [1.82, 2.24) is 0 Å². The highest BCUT2D eigenvalue weighted by atomic mass is 16.3. The van der Waals surface area contributed by atoms with Crippen LogP contribution < -0.4 is 0 Å². The van der Waals surface area contributed by atoms with E-state index < -0.39 is 24.2 Å². The summed E-state index contributed by atoms with van der Waals surface area (Å²) >= 11 is 0. The maximum absolute atomic E-state index is 9.43. The quantitative estimate of drug-likeness (QED) is 0.136. The fourth-order valence-corrected chi connectivity index (χ4v) is 8.02. The van der Waals surface area contributed by atoms with Crippen LogP contribution in [0.3, 0.4) is 0 Å². The van der Waals surface area contributed by atoms with E-state index in [1.54, 1.807) is 6.07 Å². The van der Waals surface area contributed by atoms with E-state index in [-0.39, 0.29) is 45.7 Å². The SMILES string of the molecule is [2H]c1c([2H])c([2H])c2c(-c3ccc4oc5ccc6ccccc6c5c4c3)c3c([2H])c([2H])c([2H])c([2H])c3c(-c3ccc(-c4cccc5ccc6ccccc6c45)cc3)c2c1[2H]. The molecule has 0 amide bonds. The van der Waals surface area contributed by atoms with Crippen LogP contribution in [0, 0.1) is 0 Å². The molecule has 0 fully saturated rings. The summed E-state index contributed by atoms with van der Waals surface area (Å²) in [6.07, 6.45) is 0. The van der Waals surface area contributed by atoms with Crippen LogP contribution in [0.5, 0.6) is 0 Å². The largest absolute Gasteiger partial charge is 0.456 e. The minimum Gasteiger partial charge on any atom is -0.456 e. The summed E-state index contributed by atoms with van der Waals surface area (Å²) in [4.78, 5) is 0. The van der Waals surface area contributed by atoms with Crippen molar-refractivity contribution in [3.8, 4) is 33.4 Å². The molecule has 11 rings (SSSR count). The van der Waals surface area contributed by atoms with Crippen molar-refractivity contribution >= 4 is 75.8 Å². The number of furan rings is 1. The fraction of sp³-hybridized carbons (Fsp3) is 0. The average molecular weight is 655 g/mol. The van der Waals surface area contributed by atoms with Gasteiger partial charge in [0.2, 0.25) is 0 Å². The molecule has 0 saturated carbocycles. The summed E-state index contributed by atoms with van der Waals surface area (Å²) in [6.45, 7) is 0. The molecular formula is C50H30O. The summed E-state index contributed by atoms with van der Waals surface area (Å²) in [5, 5.41) is 8.81. The lowest BCUT2D eigenvalue weighted by Gasteiger charge is -2.18. The van der Waals surface area contributed by atoms with Gasteiger partial charge in [0.15, 0.2) is 0 Å². The second-order valence-electron chi connectivity index (χ2n) is 13.0. The highest BCUT2D eigenvalue weighted by Crippen LogP contribution is 2.46. The molecule has 1 aromatic heterocycles. The summed E-state index contributed by atoms with van der Waals surface area (Å²) in [6, 6.07) is 40.9. The Balaban J connectivity index is 1.25. The van der Waals surface area contributed by atoms with E-state index in [1.807, 2.05) is 91.0 Å². The molecule has 1 nitrogen and oxygen atoms in total. The molecule has 0 aliphatic rings. The summed E-state index contributed by atoms with van der Waals surface area (Å²) in [5.41, 5.74) is 4.95. The number of fused-ring (bicyclic) bond motifs is 10. The van der Waals surface area contributed by atoms with Gasteiger partial charge in [-0.05, 0) is 105 Å². The maximum atomic E-state index is 9.43. The second-order valence-corrected chi connectivity index (χ2v) is 13.0. The van der Waals surface area contributed by atoms with Crippen LogP contribution in [-0.2, 0) is 0 Å². The van der Waals surface area contributed by atoms with Crippen LogP contribution in [0.15, 0.2) is 186 Å². The Morgan fingerprint density at radius 3 is 1.55 bits per heavy atom. The van der Waals surface area contributed by atoms with Crippen LogP contribution in [-0.4, -0.2) is 0 Å². The maximum Gasteiger partial charge on any atom is 0.136 e. The zero-order chi connectivity index (χ0) is 40.4. The first-order valence-electron chi connectivity index (χ1n) is 20.9. The van der Waals surface area contributed by atoms with Crippen molar-refractivity contribution in [3.63, 3.8) is 0 Å². The van der Waals surface area contributed by atoms with Gasteiger partial charge in [-0.25, -0.2) is 0 Å². The van der Waals surface area contributed by atoms with Crippen molar-refractivity contribution in [3.05, 3.63) is 182 Å². The van der Waals surface area contributed by atoms with Crippen molar-refractivity contribution in [1.29, 1.82) is 0 Å². The Morgan fingerprint density at radius 2 is 0.863 bits per heavy atom. The van der Waals surface area contributed by atoms with E-state index in [2.05, 4.69) is 36.4 Å². The smallest absolute Gasteiger partial charge is 0.136 e. The topological polar surface area (TPSA) is 13.1 Å². The van der Waals surface area contributed by atoms with Crippen LogP contribution >= 0.6 is 0 Å². The Morgan fingerprint density at radius 1 is 0.353 bits per heavy atom. The molecule has 0 unspecified atom stereocenters. The van der Waals surface area contributed by atoms with Crippen LogP contribution in [0.25, 0.3) is 109 Å². The van der Waals surface area contributed by atoms with Crippen LogP contribution in [0.2, 0.25) is 0 Å². The van der Waals surface area contributed by atoms with E-state index in [1.165, 1.54) is 0 Å². The minimum absolute atomic E-state index is 0.171. The molecule has 0 N–H and O–H groups in total. The minimum atomic E-state index is -0.436. The van der Waals surface area contributed by atoms with Gasteiger partial charge >= 0.3 is 0 Å². The predicted molar refractivity (Wildman–Crippen MR) is 218 cm³/mol. The van der Waals surface area contributed by atoms with Crippen molar-refractivity contribution in [2.45, 2.75) is 0 Å². The van der Waals surface area contributed by atoms with Crippen molar-refractivity contribution < 1.29 is 15.4 Å². The van der Waals surface area contributed by atoms with Crippen LogP contribution in [0.4, 0.5) is 0 Å². The third kappa shape index (κ3) is 4.22. The highest BCUT2D eigenvalue weighted by Gasteiger charge is 2.19. The first-order valence-corrected chi connectivity index (χ1v) is 16.9. The molecule has 236 valence electrons. The molecule has 51 heavy (non-hydrogen) atoms. The van der Waals surface area contributed by atoms with E-state index in [0.717, 1.165) is 54.2 Å². The summed E-state index contributed by atoms with van der Waals surface area (Å²) < 4.78 is 79.5. The lowest BCUT2D eigenvalue weighted by Crippen LogP contribution is -1.91. The molecule has 0 bridgehead atoms. The van der Waals surface area contributed by atoms with E-state index >= 15 is 0 Å². The molecule has 1 heterocycles. The molecule has 0 saturated heterocycles. The van der Waals surface area contributed by atoms with Gasteiger partial charge in [0.1, 0.15) is 11.2 Å². The van der Waals surface area contributed by atoms with Crippen molar-refractivity contribution in [2.24, 2.45) is 0 Å². The molecule has 11 aromatic rings. The molecule has 0 atom stereocenters. The summed E-state index contributed by atoms with van der Waals surface area (Å²) in [5.74, 6) is 0. The Labute approximate surface area is 305 Å². The van der Waals surface area contributed by atoms with E-state index in [4.69, 9.17) is 9.90 Å². The zero-order valence-corrected chi connectivity index (χ0v) is 27.1. The first kappa shape index (κ1) is 21.4. The van der Waals surface area contributed by atoms with Gasteiger partial charge in [-0.15, -0.1) is 0 Å². The van der Waals surface area contributed by atoms with Gasteiger partial charge in [-0.1, -0.05) is 164 Å². The zero-order valence-electron chi connectivity index (χ0n) is 35.1. The second kappa shape index (κ2) is 10.9. The van der Waals surface area contributed by atoms with Gasteiger partial charge in [0.25, 0.3) is 0 Å². The molecule has 0 radical (unpaired) electrons. The standard InChI is InChI=1S/C50H30O/c1-3-13-37-31(10-1)20-23-34-12-9-19-38(47(34)37)33-21-24-35(25-22-33)48-40-15-5-7-17-42(40)49(43-18-8-6-16-41(43)48)36-27-28-45-44(30-36)50-39-14-4-2-11-32(39)26-29-46(50)51-45/h1-30H/i5D,6D,7D,8D,15D,16D,17D,18D. The molecule has 1 heteroatoms. The van der Waals surface area contributed by atoms with Crippen LogP contribution in [0.1, 0.15) is 11.0 Å². The van der Waals surface area contributed by atoms with E-state index in [9.17, 15) is 5.48 Å². The molecule has 0 spiro atoms. The highest BCUT2D eigenvalue weighted by molar-refractivity contribution is 6.24. The third-order valence-corrected chi connectivity index (χ3v) is 10.3. The Kier molecular flexibility index (Phi) is 4.57. The normalized spacial score (nSPS) is 14.1. The molecular weight excluding hydrogens is 617 g/mol. The molecule has 0 aliphatic heterocycles. The van der Waals surface area contributed by atoms with Crippen molar-refractivity contribution in [2.75, 3.05) is 0 Å². The fourth-order valence-electron chi connectivity index (χ4n) is 8.02. The lowest BCUT2D eigenvalue weighted by molar-refractivity contribution is 0.669. The number of hydrogen-bond acceptors (Lipinski definition) is 1. The number of benzene rings is 10. The lowest BCUT2D eigenvalue weighted by atomic mass is 9.85. The van der Waals surface area contributed by atoms with E-state index in [0.29, 0.717) is 33.4 Å². The molecule has 0 aliphatic carbocycles. The Bertz CT molecular complexity index is 3560. The Hall–Kier alpha value is -6.70. The first-order chi connectivity index (χ1) is 28.6. The van der Waals surface area contributed by atoms with Gasteiger partial charge < -0.3 is 4.42 Å². The molecule has 10 aromatic carbocycles. The summed E-state index contributed by atoms with van der Waals surface area (Å²) in [7, 11) is 0. The monoisotopic (exact) mass is 654 g/mol. The van der Waals surface area contributed by atoms with Gasteiger partial charge in [-0.2, -0.15) is 0 Å².